The van der Waals surface area contributed by atoms with Gasteiger partial charge in [-0.15, -0.1) is 0 Å². The van der Waals surface area contributed by atoms with E-state index in [9.17, 15) is 4.79 Å². The Hall–Kier alpha value is -4.05. The van der Waals surface area contributed by atoms with E-state index in [4.69, 9.17) is 5.26 Å². The van der Waals surface area contributed by atoms with Crippen LogP contribution < -0.4 is 5.32 Å². The molecule has 0 unspecified atom stereocenters. The van der Waals surface area contributed by atoms with E-state index >= 15 is 0 Å². The maximum absolute atomic E-state index is 12.9. The van der Waals surface area contributed by atoms with Crippen molar-refractivity contribution in [2.45, 2.75) is 20.4 Å². The monoisotopic (exact) mass is 382 g/mol. The fraction of sp³-hybridized carbons (Fsp3) is 0.136. The molecule has 0 bridgehead atoms. The maximum atomic E-state index is 12.9. The highest BCUT2D eigenvalue weighted by Crippen LogP contribution is 2.23. The highest BCUT2D eigenvalue weighted by atomic mass is 16.1. The van der Waals surface area contributed by atoms with Crippen molar-refractivity contribution in [1.29, 1.82) is 5.26 Å². The predicted molar refractivity (Wildman–Crippen MR) is 109 cm³/mol. The third kappa shape index (κ3) is 3.56. The number of anilines is 1. The maximum Gasteiger partial charge on any atom is 0.256 e. The summed E-state index contributed by atoms with van der Waals surface area (Å²) >= 11 is 0. The van der Waals surface area contributed by atoms with Crippen molar-refractivity contribution in [3.63, 3.8) is 0 Å². The smallest absolute Gasteiger partial charge is 0.256 e. The van der Waals surface area contributed by atoms with Crippen LogP contribution in [0.2, 0.25) is 0 Å². The van der Waals surface area contributed by atoms with Crippen LogP contribution in [0.4, 0.5) is 5.69 Å². The fourth-order valence-corrected chi connectivity index (χ4v) is 3.26. The van der Waals surface area contributed by atoms with Crippen LogP contribution in [-0.2, 0) is 6.54 Å². The Morgan fingerprint density at radius 3 is 2.69 bits per heavy atom. The molecule has 7 heteroatoms. The van der Waals surface area contributed by atoms with Gasteiger partial charge in [-0.25, -0.2) is 0 Å². The number of nitriles is 1. The van der Waals surface area contributed by atoms with Crippen molar-refractivity contribution in [2.24, 2.45) is 0 Å². The van der Waals surface area contributed by atoms with Gasteiger partial charge < -0.3 is 5.32 Å². The summed E-state index contributed by atoms with van der Waals surface area (Å²) in [6.07, 6.45) is 4.91. The minimum Gasteiger partial charge on any atom is -0.319 e. The van der Waals surface area contributed by atoms with Gasteiger partial charge in [-0.1, -0.05) is 12.1 Å². The van der Waals surface area contributed by atoms with Crippen LogP contribution in [0.5, 0.6) is 0 Å². The zero-order valence-corrected chi connectivity index (χ0v) is 16.0. The quantitative estimate of drug-likeness (QED) is 0.581. The van der Waals surface area contributed by atoms with Gasteiger partial charge in [0, 0.05) is 24.0 Å². The summed E-state index contributed by atoms with van der Waals surface area (Å²) in [4.78, 5) is 21.3. The standard InChI is InChI=1S/C22H18N6O/c1-14-21(15(2)28(27-14)13-17-5-3-16(11-23)4-6-17)26-22(29)18-7-10-25-20-8-9-24-12-19(18)20/h3-10,12H,13H2,1-2H3,(H,26,29). The zero-order valence-electron chi connectivity index (χ0n) is 16.0. The van der Waals surface area contributed by atoms with Gasteiger partial charge in [-0.2, -0.15) is 10.4 Å². The number of pyridine rings is 2. The average Bonchev–Trinajstić information content (AvgIpc) is 3.01. The van der Waals surface area contributed by atoms with E-state index in [1.54, 1.807) is 42.9 Å². The molecule has 1 amide bonds. The van der Waals surface area contributed by atoms with E-state index in [2.05, 4.69) is 26.5 Å². The predicted octanol–water partition coefficient (Wildman–Crippen LogP) is 3.62. The minimum absolute atomic E-state index is 0.227. The second kappa shape index (κ2) is 7.52. The topological polar surface area (TPSA) is 96.5 Å². The van der Waals surface area contributed by atoms with Gasteiger partial charge in [-0.05, 0) is 43.7 Å². The molecule has 29 heavy (non-hydrogen) atoms. The van der Waals surface area contributed by atoms with Crippen molar-refractivity contribution >= 4 is 22.5 Å². The lowest BCUT2D eigenvalue weighted by molar-refractivity contribution is 0.102. The van der Waals surface area contributed by atoms with Crippen LogP contribution >= 0.6 is 0 Å². The molecule has 0 aliphatic carbocycles. The highest BCUT2D eigenvalue weighted by Gasteiger charge is 2.17. The number of nitrogens with one attached hydrogen (secondary N) is 1. The molecule has 0 aliphatic heterocycles. The summed E-state index contributed by atoms with van der Waals surface area (Å²) in [6, 6.07) is 13.0. The van der Waals surface area contributed by atoms with Gasteiger partial charge in [0.15, 0.2) is 0 Å². The zero-order chi connectivity index (χ0) is 20.4. The SMILES string of the molecule is Cc1nn(Cc2ccc(C#N)cc2)c(C)c1NC(=O)c1ccnc2ccncc12. The fourth-order valence-electron chi connectivity index (χ4n) is 3.26. The Labute approximate surface area is 167 Å². The molecule has 1 N–H and O–H groups in total. The number of aryl methyl sites for hydroxylation is 1. The third-order valence-electron chi connectivity index (χ3n) is 4.82. The van der Waals surface area contributed by atoms with E-state index in [0.29, 0.717) is 28.7 Å². The molecule has 0 atom stereocenters. The van der Waals surface area contributed by atoms with Crippen LogP contribution in [0, 0.1) is 25.2 Å². The molecule has 3 aromatic heterocycles. The number of hydrogen-bond donors (Lipinski definition) is 1. The molecule has 4 aromatic rings. The molecule has 0 spiro atoms. The van der Waals surface area contributed by atoms with E-state index in [1.807, 2.05) is 30.7 Å². The van der Waals surface area contributed by atoms with Gasteiger partial charge in [0.1, 0.15) is 0 Å². The summed E-state index contributed by atoms with van der Waals surface area (Å²) in [5, 5.41) is 17.2. The number of carbonyl (C=O) groups excluding carboxylic acids is 1. The van der Waals surface area contributed by atoms with Crippen LogP contribution in [0.15, 0.2) is 55.0 Å². The summed E-state index contributed by atoms with van der Waals surface area (Å²) in [5.74, 6) is -0.227. The molecule has 0 aliphatic rings. The number of rotatable bonds is 4. The lowest BCUT2D eigenvalue weighted by Gasteiger charge is -2.09. The van der Waals surface area contributed by atoms with Gasteiger partial charge in [0.25, 0.3) is 5.91 Å². The lowest BCUT2D eigenvalue weighted by Crippen LogP contribution is -2.14. The first-order valence-electron chi connectivity index (χ1n) is 9.10. The normalized spacial score (nSPS) is 10.7. The summed E-state index contributed by atoms with van der Waals surface area (Å²) in [6.45, 7) is 4.34. The number of benzene rings is 1. The van der Waals surface area contributed by atoms with Crippen LogP contribution in [-0.4, -0.2) is 25.7 Å². The van der Waals surface area contributed by atoms with Crippen molar-refractivity contribution in [3.05, 3.63) is 83.1 Å². The van der Waals surface area contributed by atoms with Gasteiger partial charge in [0.05, 0.1) is 46.3 Å². The van der Waals surface area contributed by atoms with Crippen molar-refractivity contribution in [1.82, 2.24) is 19.7 Å². The summed E-state index contributed by atoms with van der Waals surface area (Å²) in [5.41, 5.74) is 5.17. The van der Waals surface area contributed by atoms with E-state index in [0.717, 1.165) is 22.5 Å². The van der Waals surface area contributed by atoms with E-state index in [1.165, 1.54) is 0 Å². The molecular weight excluding hydrogens is 364 g/mol. The third-order valence-corrected chi connectivity index (χ3v) is 4.82. The second-order valence-electron chi connectivity index (χ2n) is 6.72. The van der Waals surface area contributed by atoms with Gasteiger partial charge >= 0.3 is 0 Å². The number of carbonyl (C=O) groups is 1. The first-order valence-corrected chi connectivity index (χ1v) is 9.10. The number of amides is 1. The highest BCUT2D eigenvalue weighted by molar-refractivity contribution is 6.12. The summed E-state index contributed by atoms with van der Waals surface area (Å²) in [7, 11) is 0. The first kappa shape index (κ1) is 18.3. The largest absolute Gasteiger partial charge is 0.319 e. The Kier molecular flexibility index (Phi) is 4.75. The van der Waals surface area contributed by atoms with E-state index in [-0.39, 0.29) is 5.91 Å². The second-order valence-corrected chi connectivity index (χ2v) is 6.72. The molecular formula is C22H18N6O. The van der Waals surface area contributed by atoms with Gasteiger partial charge in [-0.3, -0.25) is 19.4 Å². The average molecular weight is 382 g/mol. The molecule has 0 saturated heterocycles. The molecule has 0 fully saturated rings. The Morgan fingerprint density at radius 1 is 1.14 bits per heavy atom. The van der Waals surface area contributed by atoms with Crippen LogP contribution in [0.1, 0.15) is 32.9 Å². The van der Waals surface area contributed by atoms with Crippen LogP contribution in [0.3, 0.4) is 0 Å². The Balaban J connectivity index is 1.60. The number of aromatic nitrogens is 4. The van der Waals surface area contributed by atoms with Gasteiger partial charge in [0.2, 0.25) is 0 Å². The molecule has 3 heterocycles. The molecule has 142 valence electrons. The minimum atomic E-state index is -0.227. The molecule has 1 aromatic carbocycles. The number of hydrogen-bond acceptors (Lipinski definition) is 5. The van der Waals surface area contributed by atoms with E-state index < -0.39 is 0 Å². The van der Waals surface area contributed by atoms with Crippen LogP contribution in [0.25, 0.3) is 10.9 Å². The number of nitrogens with zero attached hydrogens (tertiary/aromatic N) is 5. The van der Waals surface area contributed by atoms with Crippen molar-refractivity contribution in [2.75, 3.05) is 5.32 Å². The Bertz CT molecular complexity index is 1250. The summed E-state index contributed by atoms with van der Waals surface area (Å²) < 4.78 is 1.85. The number of fused-ring (bicyclic) bond motifs is 1. The molecule has 0 saturated carbocycles. The Morgan fingerprint density at radius 2 is 1.93 bits per heavy atom. The van der Waals surface area contributed by atoms with Crippen molar-refractivity contribution in [3.8, 4) is 6.07 Å². The molecule has 0 radical (unpaired) electrons. The van der Waals surface area contributed by atoms with Crippen molar-refractivity contribution < 1.29 is 4.79 Å². The molecule has 7 nitrogen and oxygen atoms in total. The molecule has 4 rings (SSSR count). The first-order chi connectivity index (χ1) is 14.1. The lowest BCUT2D eigenvalue weighted by atomic mass is 10.1.